The molecule has 0 aromatic heterocycles. The Bertz CT molecular complexity index is 79.6. The van der Waals surface area contributed by atoms with Gasteiger partial charge in [0.25, 0.3) is 0 Å². The largest absolute Gasteiger partial charge is 0.0776 e. The minimum atomic E-state index is 0. The van der Waals surface area contributed by atoms with Gasteiger partial charge in [-0.1, -0.05) is 136 Å². The van der Waals surface area contributed by atoms with Gasteiger partial charge >= 0.3 is 0 Å². The van der Waals surface area contributed by atoms with Gasteiger partial charge in [-0.15, -0.1) is 0 Å². The molecule has 0 bridgehead atoms. The van der Waals surface area contributed by atoms with Crippen LogP contribution >= 0.6 is 0 Å². The van der Waals surface area contributed by atoms with Crippen molar-refractivity contribution in [3.05, 3.63) is 0 Å². The van der Waals surface area contributed by atoms with Crippen molar-refractivity contribution >= 4 is 46.4 Å². The second-order valence-electron chi connectivity index (χ2n) is 4.44. The van der Waals surface area contributed by atoms with Gasteiger partial charge in [-0.05, 0) is 0 Å². The van der Waals surface area contributed by atoms with Crippen molar-refractivity contribution in [2.75, 3.05) is 0 Å². The average Bonchev–Trinajstić information content (AvgIpc) is 3.25. The van der Waals surface area contributed by atoms with Crippen LogP contribution in [0.5, 0.6) is 0 Å². The Labute approximate surface area is 184 Å². The van der Waals surface area contributed by atoms with E-state index < -0.39 is 0 Å². The average molecular weight is 366 g/mol. The molecule has 0 heterocycles. The normalized spacial score (nSPS) is 11.7. The standard InChI is InChI=1S/4C3H6.8CH4.B3.B2.B.H2/c4*1-2-3-1;;;;;;;;;1-3-2;1-2;;/h4*1-3H2;8*1H4;;;;1H/i;;;;;;;;;;;;;;;1+2. The molecule has 0 N–H and O–H groups in total. The zero-order chi connectivity index (χ0) is 13.2. The van der Waals surface area contributed by atoms with E-state index in [1.165, 1.54) is 77.0 Å². The molecule has 0 aromatic carbocycles. The third-order valence-electron chi connectivity index (χ3n) is 1.41. The monoisotopic (exact) mass is 367 g/mol. The first-order chi connectivity index (χ1) is 8.41. The molecule has 4 aliphatic carbocycles. The Hall–Kier alpha value is 0.390. The predicted octanol–water partition coefficient (Wildman–Crippen LogP) is 7.73. The van der Waals surface area contributed by atoms with E-state index in [0.29, 0.717) is 0 Å². The summed E-state index contributed by atoms with van der Waals surface area (Å²) in [5.74, 6) is 0. The molecule has 0 aromatic rings. The van der Waals surface area contributed by atoms with Crippen molar-refractivity contribution in [1.29, 1.82) is 0 Å². The van der Waals surface area contributed by atoms with Crippen molar-refractivity contribution in [2.45, 2.75) is 136 Å². The lowest BCUT2D eigenvalue weighted by atomic mass is 9.40. The molecule has 4 aliphatic rings. The summed E-state index contributed by atoms with van der Waals surface area (Å²) in [6.07, 6.45) is 18.0. The van der Waals surface area contributed by atoms with E-state index in [1.54, 1.807) is 0 Å². The first kappa shape index (κ1) is 71.8. The third kappa shape index (κ3) is 692. The quantitative estimate of drug-likeness (QED) is 0.385. The summed E-state index contributed by atoms with van der Waals surface area (Å²) in [5.41, 5.74) is 0. The zero-order valence-corrected chi connectivity index (χ0v) is 11.9. The van der Waals surface area contributed by atoms with Crippen LogP contribution in [0.4, 0.5) is 0 Å². The lowest BCUT2D eigenvalue weighted by Crippen LogP contribution is -1.79. The van der Waals surface area contributed by atoms with Crippen molar-refractivity contribution < 1.29 is 1.43 Å². The Morgan fingerprint density at radius 3 is 0.423 bits per heavy atom. The topological polar surface area (TPSA) is 0 Å². The van der Waals surface area contributed by atoms with Crippen LogP contribution in [-0.2, 0) is 0 Å². The van der Waals surface area contributed by atoms with Gasteiger partial charge in [-0.25, -0.2) is 0 Å². The molecule has 4 rings (SSSR count). The van der Waals surface area contributed by atoms with E-state index >= 15 is 0 Å². The van der Waals surface area contributed by atoms with Crippen LogP contribution in [0.15, 0.2) is 0 Å². The molecule has 0 spiro atoms. The van der Waals surface area contributed by atoms with Crippen LogP contribution in [0.25, 0.3) is 0 Å². The minimum Gasteiger partial charge on any atom is -0.0776 e. The highest BCUT2D eigenvalue weighted by molar-refractivity contribution is 7.17. The van der Waals surface area contributed by atoms with E-state index in [4.69, 9.17) is 0 Å². The Morgan fingerprint density at radius 1 is 0.385 bits per heavy atom. The zero-order valence-electron chi connectivity index (χ0n) is 11.9. The highest BCUT2D eigenvalue weighted by Crippen LogP contribution is 2.15. The van der Waals surface area contributed by atoms with Gasteiger partial charge in [0.15, 0.2) is 0 Å². The van der Waals surface area contributed by atoms with E-state index in [2.05, 4.69) is 30.9 Å². The second kappa shape index (κ2) is 84.2. The number of hydrogen-bond acceptors (Lipinski definition) is 0. The summed E-state index contributed by atoms with van der Waals surface area (Å²) in [6.45, 7) is 0. The van der Waals surface area contributed by atoms with Crippen LogP contribution in [0.1, 0.15) is 138 Å². The first-order valence-electron chi connectivity index (χ1n) is 7.00. The molecule has 156 valence electrons. The molecular formula is C20H58B6. The van der Waals surface area contributed by atoms with Crippen LogP contribution < -0.4 is 0 Å². The molecule has 0 amide bonds. The molecule has 26 heavy (non-hydrogen) atoms. The molecule has 0 atom stereocenters. The van der Waals surface area contributed by atoms with Crippen LogP contribution in [0, 0.1) is 0 Å². The molecule has 0 unspecified atom stereocenters. The van der Waals surface area contributed by atoms with E-state index in [-0.39, 0.29) is 69.3 Å². The van der Waals surface area contributed by atoms with Crippen molar-refractivity contribution in [1.82, 2.24) is 0 Å². The van der Waals surface area contributed by atoms with E-state index in [9.17, 15) is 0 Å². The van der Waals surface area contributed by atoms with Crippen molar-refractivity contribution in [3.63, 3.8) is 0 Å². The maximum atomic E-state index is 4.50. The highest BCUT2D eigenvalue weighted by atomic mass is 14.0. The summed E-state index contributed by atoms with van der Waals surface area (Å²) in [7, 11) is 18.0. The second-order valence-corrected chi connectivity index (χ2v) is 4.44. The predicted molar refractivity (Wildman–Crippen MR) is 146 cm³/mol. The van der Waals surface area contributed by atoms with Gasteiger partial charge in [-0.3, -0.25) is 0 Å². The summed E-state index contributed by atoms with van der Waals surface area (Å²) in [5, 5.41) is 0. The highest BCUT2D eigenvalue weighted by Gasteiger charge is 1.96. The minimum absolute atomic E-state index is 0. The lowest BCUT2D eigenvalue weighted by Gasteiger charge is -1.41. The van der Waals surface area contributed by atoms with Crippen molar-refractivity contribution in [3.8, 4) is 0 Å². The smallest absolute Gasteiger partial charge is 0 e. The summed E-state index contributed by atoms with van der Waals surface area (Å²) in [4.78, 5) is 0. The van der Waals surface area contributed by atoms with Crippen LogP contribution in [0.2, 0.25) is 0 Å². The summed E-state index contributed by atoms with van der Waals surface area (Å²) < 4.78 is 0. The fraction of sp³-hybridized carbons (Fsp3) is 1.00. The maximum Gasteiger partial charge on any atom is 0 e. The fourth-order valence-electron chi connectivity index (χ4n) is 0. The Kier molecular flexibility index (Phi) is 233. The maximum absolute atomic E-state index is 4.50. The van der Waals surface area contributed by atoms with Crippen molar-refractivity contribution in [2.24, 2.45) is 0 Å². The van der Waals surface area contributed by atoms with Crippen LogP contribution in [0.3, 0.4) is 0 Å². The van der Waals surface area contributed by atoms with Gasteiger partial charge in [0.05, 0.1) is 0 Å². The van der Waals surface area contributed by atoms with Gasteiger partial charge in [0, 0.05) is 47.8 Å². The molecule has 0 saturated heterocycles. The van der Waals surface area contributed by atoms with Gasteiger partial charge in [0.1, 0.15) is 0 Å². The first-order valence-corrected chi connectivity index (χ1v) is 7.00. The van der Waals surface area contributed by atoms with Crippen LogP contribution in [-0.4, -0.2) is 46.4 Å². The molecule has 4 saturated carbocycles. The van der Waals surface area contributed by atoms with Gasteiger partial charge in [-0.2, -0.15) is 0 Å². The molecule has 12 radical (unpaired) electrons. The summed E-state index contributed by atoms with van der Waals surface area (Å²) in [6, 6.07) is 0. The molecular weight excluding hydrogens is 305 g/mol. The van der Waals surface area contributed by atoms with Gasteiger partial charge < -0.3 is 0 Å². The number of rotatable bonds is 0. The Balaban J connectivity index is -0.00000000935. The fourth-order valence-corrected chi connectivity index (χ4v) is 0. The van der Waals surface area contributed by atoms with E-state index in [0.717, 1.165) is 7.06 Å². The van der Waals surface area contributed by atoms with E-state index in [1.807, 2.05) is 0 Å². The molecule has 0 nitrogen and oxygen atoms in total. The number of hydrogen-bond donors (Lipinski definition) is 0. The molecule has 0 aliphatic heterocycles. The SMILES string of the molecule is C.C.C.C.C.C.C.C.C1CC1.C1CC1.C1CC1.C1CC1.[3HH].[B].[B][B].[B][B][B]. The third-order valence-corrected chi connectivity index (χ3v) is 1.41. The summed E-state index contributed by atoms with van der Waals surface area (Å²) >= 11 is 0. The van der Waals surface area contributed by atoms with Gasteiger partial charge in [0.2, 0.25) is 0 Å². The molecule has 6 heteroatoms. The molecule has 4 fully saturated rings. The lowest BCUT2D eigenvalue weighted by molar-refractivity contribution is 1.50. The Morgan fingerprint density at radius 2 is 0.423 bits per heavy atom.